The average molecular weight is 354 g/mol. The maximum absolute atomic E-state index is 12.8. The van der Waals surface area contributed by atoms with Crippen molar-refractivity contribution >= 4 is 38.8 Å². The molecule has 25 heavy (non-hydrogen) atoms. The number of hydrogen-bond acceptors (Lipinski definition) is 5. The van der Waals surface area contributed by atoms with Gasteiger partial charge in [-0.25, -0.2) is 9.97 Å². The van der Waals surface area contributed by atoms with Gasteiger partial charge in [0.15, 0.2) is 0 Å². The normalized spacial score (nSPS) is 11.0. The molecule has 0 radical (unpaired) electrons. The number of fused-ring (bicyclic) bond motifs is 1. The summed E-state index contributed by atoms with van der Waals surface area (Å²) in [6.07, 6.45) is 0. The minimum Gasteiger partial charge on any atom is -0.378 e. The molecule has 0 aliphatic rings. The molecule has 1 N–H and O–H groups in total. The number of hydrogen-bond donors (Lipinski definition) is 1. The van der Waals surface area contributed by atoms with E-state index in [1.54, 1.807) is 0 Å². The number of nitrogens with zero attached hydrogens (tertiary/aromatic N) is 3. The van der Waals surface area contributed by atoms with E-state index in [2.05, 4.69) is 21.4 Å². The number of aryl methyl sites for hydroxylation is 4. The van der Waals surface area contributed by atoms with Crippen molar-refractivity contribution < 1.29 is 4.79 Å². The second kappa shape index (κ2) is 6.44. The van der Waals surface area contributed by atoms with Crippen LogP contribution in [0.3, 0.4) is 0 Å². The Kier molecular flexibility index (Phi) is 4.47. The van der Waals surface area contributed by atoms with Crippen LogP contribution in [0.1, 0.15) is 32.3 Å². The molecule has 0 atom stereocenters. The van der Waals surface area contributed by atoms with Crippen molar-refractivity contribution in [2.45, 2.75) is 27.7 Å². The van der Waals surface area contributed by atoms with E-state index in [9.17, 15) is 4.79 Å². The monoisotopic (exact) mass is 354 g/mol. The molecule has 130 valence electrons. The Hall–Kier alpha value is -2.47. The lowest BCUT2D eigenvalue weighted by Gasteiger charge is -2.15. The van der Waals surface area contributed by atoms with Crippen molar-refractivity contribution in [2.75, 3.05) is 24.3 Å². The van der Waals surface area contributed by atoms with Gasteiger partial charge in [0.2, 0.25) is 0 Å². The van der Waals surface area contributed by atoms with Gasteiger partial charge in [-0.05, 0) is 57.0 Å². The van der Waals surface area contributed by atoms with Crippen LogP contribution in [0.2, 0.25) is 0 Å². The number of aromatic nitrogens is 2. The van der Waals surface area contributed by atoms with Gasteiger partial charge < -0.3 is 10.2 Å². The Balaban J connectivity index is 1.96. The second-order valence-corrected chi connectivity index (χ2v) is 7.44. The fourth-order valence-electron chi connectivity index (χ4n) is 2.94. The fourth-order valence-corrected chi connectivity index (χ4v) is 4.11. The molecule has 3 aromatic rings. The third-order valence-electron chi connectivity index (χ3n) is 4.26. The third kappa shape index (κ3) is 3.22. The predicted octanol–water partition coefficient (Wildman–Crippen LogP) is 4.24. The van der Waals surface area contributed by atoms with Gasteiger partial charge in [-0.2, -0.15) is 0 Å². The summed E-state index contributed by atoms with van der Waals surface area (Å²) in [6.45, 7) is 7.79. The zero-order chi connectivity index (χ0) is 18.3. The number of anilines is 2. The van der Waals surface area contributed by atoms with Crippen LogP contribution in [-0.4, -0.2) is 30.0 Å². The van der Waals surface area contributed by atoms with Crippen LogP contribution in [0.5, 0.6) is 0 Å². The van der Waals surface area contributed by atoms with Gasteiger partial charge in [0.25, 0.3) is 5.91 Å². The predicted molar refractivity (Wildman–Crippen MR) is 105 cm³/mol. The van der Waals surface area contributed by atoms with Crippen LogP contribution in [0.25, 0.3) is 10.2 Å². The van der Waals surface area contributed by atoms with Gasteiger partial charge in [0.05, 0.1) is 4.88 Å². The maximum atomic E-state index is 12.8. The van der Waals surface area contributed by atoms with E-state index in [0.29, 0.717) is 4.88 Å². The molecule has 0 spiro atoms. The van der Waals surface area contributed by atoms with Crippen LogP contribution in [0.4, 0.5) is 11.4 Å². The molecular weight excluding hydrogens is 332 g/mol. The first kappa shape index (κ1) is 17.4. The molecule has 5 nitrogen and oxygen atoms in total. The number of carbonyl (C=O) groups is 1. The van der Waals surface area contributed by atoms with E-state index in [4.69, 9.17) is 0 Å². The summed E-state index contributed by atoms with van der Waals surface area (Å²) in [5.74, 6) is 0.631. The highest BCUT2D eigenvalue weighted by atomic mass is 32.1. The molecular formula is C19H22N4OS. The average Bonchev–Trinajstić information content (AvgIpc) is 2.86. The summed E-state index contributed by atoms with van der Waals surface area (Å²) < 4.78 is 0. The Morgan fingerprint density at radius 3 is 2.48 bits per heavy atom. The fraction of sp³-hybridized carbons (Fsp3) is 0.316. The van der Waals surface area contributed by atoms with E-state index in [0.717, 1.165) is 44.2 Å². The summed E-state index contributed by atoms with van der Waals surface area (Å²) in [5, 5.41) is 4.02. The van der Waals surface area contributed by atoms with Gasteiger partial charge in [-0.15, -0.1) is 11.3 Å². The van der Waals surface area contributed by atoms with Crippen molar-refractivity contribution in [3.05, 3.63) is 45.7 Å². The lowest BCUT2D eigenvalue weighted by Crippen LogP contribution is -2.13. The highest BCUT2D eigenvalue weighted by Crippen LogP contribution is 2.32. The highest BCUT2D eigenvalue weighted by molar-refractivity contribution is 7.20. The van der Waals surface area contributed by atoms with Crippen molar-refractivity contribution in [3.8, 4) is 0 Å². The van der Waals surface area contributed by atoms with E-state index >= 15 is 0 Å². The summed E-state index contributed by atoms with van der Waals surface area (Å²) in [5.41, 5.74) is 4.82. The molecule has 0 aliphatic heterocycles. The number of thiophene rings is 1. The molecule has 1 aromatic carbocycles. The van der Waals surface area contributed by atoms with Gasteiger partial charge >= 0.3 is 0 Å². The molecule has 0 fully saturated rings. The van der Waals surface area contributed by atoms with Crippen LogP contribution in [-0.2, 0) is 0 Å². The number of amides is 1. The minimum atomic E-state index is -0.0988. The quantitative estimate of drug-likeness (QED) is 0.764. The Morgan fingerprint density at radius 2 is 1.84 bits per heavy atom. The van der Waals surface area contributed by atoms with Crippen molar-refractivity contribution in [3.63, 3.8) is 0 Å². The van der Waals surface area contributed by atoms with Crippen LogP contribution < -0.4 is 10.2 Å². The SMILES string of the molecule is Cc1nc(C)c2c(C)c(C(=O)Nc3ccc(N(C)C)cc3C)sc2n1. The Labute approximate surface area is 151 Å². The Bertz CT molecular complexity index is 975. The molecule has 0 bridgehead atoms. The van der Waals surface area contributed by atoms with Crippen molar-refractivity contribution in [2.24, 2.45) is 0 Å². The highest BCUT2D eigenvalue weighted by Gasteiger charge is 2.19. The van der Waals surface area contributed by atoms with Crippen molar-refractivity contribution in [1.29, 1.82) is 0 Å². The largest absolute Gasteiger partial charge is 0.378 e. The Morgan fingerprint density at radius 1 is 1.12 bits per heavy atom. The molecule has 0 saturated heterocycles. The number of nitrogens with one attached hydrogen (secondary N) is 1. The molecule has 2 aromatic heterocycles. The first-order chi connectivity index (χ1) is 11.8. The summed E-state index contributed by atoms with van der Waals surface area (Å²) in [6, 6.07) is 6.01. The summed E-state index contributed by atoms with van der Waals surface area (Å²) >= 11 is 1.42. The molecule has 0 aliphatic carbocycles. The minimum absolute atomic E-state index is 0.0988. The second-order valence-electron chi connectivity index (χ2n) is 6.44. The molecule has 6 heteroatoms. The lowest BCUT2D eigenvalue weighted by molar-refractivity contribution is 0.103. The standard InChI is InChI=1S/C19H22N4OS/c1-10-9-14(23(5)6)7-8-15(10)22-18(24)17-11(2)16-12(3)20-13(4)21-19(16)25-17/h7-9H,1-6H3,(H,22,24). The van der Waals surface area contributed by atoms with Crippen LogP contribution in [0.15, 0.2) is 18.2 Å². The zero-order valence-corrected chi connectivity index (χ0v) is 16.2. The first-order valence-electron chi connectivity index (χ1n) is 8.11. The maximum Gasteiger partial charge on any atom is 0.266 e. The van der Waals surface area contributed by atoms with Gasteiger partial charge in [-0.3, -0.25) is 4.79 Å². The number of rotatable bonds is 3. The smallest absolute Gasteiger partial charge is 0.266 e. The number of carbonyl (C=O) groups excluding carboxylic acids is 1. The van der Waals surface area contributed by atoms with Crippen LogP contribution in [0, 0.1) is 27.7 Å². The first-order valence-corrected chi connectivity index (χ1v) is 8.93. The van der Waals surface area contributed by atoms with E-state index in [1.807, 2.05) is 58.8 Å². The number of benzene rings is 1. The summed E-state index contributed by atoms with van der Waals surface area (Å²) in [7, 11) is 4.00. The van der Waals surface area contributed by atoms with Gasteiger partial charge in [-0.1, -0.05) is 0 Å². The third-order valence-corrected chi connectivity index (χ3v) is 5.45. The van der Waals surface area contributed by atoms with E-state index < -0.39 is 0 Å². The molecule has 3 rings (SSSR count). The zero-order valence-electron chi connectivity index (χ0n) is 15.4. The molecule has 0 saturated carbocycles. The molecule has 1 amide bonds. The molecule has 2 heterocycles. The van der Waals surface area contributed by atoms with E-state index in [1.165, 1.54) is 11.3 Å². The molecule has 0 unspecified atom stereocenters. The van der Waals surface area contributed by atoms with Crippen LogP contribution >= 0.6 is 11.3 Å². The summed E-state index contributed by atoms with van der Waals surface area (Å²) in [4.78, 5) is 25.3. The van der Waals surface area contributed by atoms with Crippen molar-refractivity contribution in [1.82, 2.24) is 9.97 Å². The van der Waals surface area contributed by atoms with E-state index in [-0.39, 0.29) is 5.91 Å². The van der Waals surface area contributed by atoms with Gasteiger partial charge in [0.1, 0.15) is 10.7 Å². The topological polar surface area (TPSA) is 58.1 Å². The van der Waals surface area contributed by atoms with Gasteiger partial charge in [0, 0.05) is 36.6 Å². The lowest BCUT2D eigenvalue weighted by atomic mass is 10.1.